The van der Waals surface area contributed by atoms with Gasteiger partial charge in [0.05, 0.1) is 33.8 Å². The van der Waals surface area contributed by atoms with Crippen LogP contribution in [0.15, 0.2) is 0 Å². The van der Waals surface area contributed by atoms with Crippen molar-refractivity contribution in [2.75, 3.05) is 0 Å². The third kappa shape index (κ3) is 24.0. The Labute approximate surface area is 252 Å². The van der Waals surface area contributed by atoms with Gasteiger partial charge < -0.3 is 42.6 Å². The molecule has 0 radical (unpaired) electrons. The fourth-order valence-electron chi connectivity index (χ4n) is 3.84. The van der Waals surface area contributed by atoms with E-state index in [0.717, 1.165) is 51.4 Å². The molecule has 0 saturated heterocycles. The maximum atomic E-state index is 5.87. The summed E-state index contributed by atoms with van der Waals surface area (Å²) in [5.41, 5.74) is -6.29. The molecule has 0 aliphatic rings. The van der Waals surface area contributed by atoms with Crippen LogP contribution in [-0.2, 0) is 85.7 Å². The molecule has 0 amide bonds. The number of hydrogen-bond donors (Lipinski definition) is 0. The molecular formula is C24H52O4P2S4Zn. The molecule has 0 unspecified atom stereocenters. The van der Waals surface area contributed by atoms with Crippen LogP contribution in [0.5, 0.6) is 0 Å². The largest absolute Gasteiger partial charge is 2.00 e. The minimum Gasteiger partial charge on any atom is -0.691 e. The second-order valence-electron chi connectivity index (χ2n) is 11.3. The Kier molecular flexibility index (Phi) is 21.6. The molecule has 0 fully saturated rings. The summed E-state index contributed by atoms with van der Waals surface area (Å²) in [7, 11) is 0. The van der Waals surface area contributed by atoms with Gasteiger partial charge in [0.2, 0.25) is 0 Å². The first-order chi connectivity index (χ1) is 15.1. The van der Waals surface area contributed by atoms with Gasteiger partial charge in [-0.3, -0.25) is 0 Å². The average Bonchev–Trinajstić information content (AvgIpc) is 2.49. The van der Waals surface area contributed by atoms with Crippen molar-refractivity contribution in [3.63, 3.8) is 0 Å². The van der Waals surface area contributed by atoms with Crippen molar-refractivity contribution >= 4 is 59.5 Å². The Morgan fingerprint density at radius 3 is 0.743 bits per heavy atom. The van der Waals surface area contributed by atoms with E-state index in [1.54, 1.807) is 0 Å². The van der Waals surface area contributed by atoms with Gasteiger partial charge in [-0.05, 0) is 81.1 Å². The van der Waals surface area contributed by atoms with Crippen molar-refractivity contribution in [1.29, 1.82) is 0 Å². The van der Waals surface area contributed by atoms with Crippen LogP contribution in [0.4, 0.5) is 0 Å². The Hall–Kier alpha value is 2.46. The molecule has 0 aromatic carbocycles. The van der Waals surface area contributed by atoms with E-state index >= 15 is 0 Å². The van der Waals surface area contributed by atoms with Crippen molar-refractivity contribution < 1.29 is 37.6 Å². The Morgan fingerprint density at radius 1 is 0.486 bits per heavy atom. The van der Waals surface area contributed by atoms with Crippen LogP contribution in [-0.4, -0.2) is 22.4 Å². The van der Waals surface area contributed by atoms with E-state index in [1.807, 2.05) is 55.4 Å². The predicted molar refractivity (Wildman–Crippen MR) is 164 cm³/mol. The average molecular weight is 660 g/mol. The first-order valence-electron chi connectivity index (χ1n) is 12.5. The fourth-order valence-corrected chi connectivity index (χ4v) is 11.5. The Bertz CT molecular complexity index is 570. The van der Waals surface area contributed by atoms with E-state index in [2.05, 4.69) is 27.7 Å². The predicted octanol–water partition coefficient (Wildman–Crippen LogP) is 9.89. The topological polar surface area (TPSA) is 36.9 Å². The maximum absolute atomic E-state index is 5.87. The molecule has 0 spiro atoms. The molecule has 0 aromatic rings. The van der Waals surface area contributed by atoms with Crippen LogP contribution in [0.2, 0.25) is 0 Å². The third-order valence-electron chi connectivity index (χ3n) is 4.84. The van der Waals surface area contributed by atoms with Gasteiger partial charge in [-0.1, -0.05) is 77.0 Å². The molecule has 0 N–H and O–H groups in total. The molecule has 0 saturated carbocycles. The van der Waals surface area contributed by atoms with E-state index in [0.29, 0.717) is 0 Å². The number of rotatable bonds is 16. The standard InChI is InChI=1S/2C12H27O2PS2.Zn/c2*1-7-9-11(3,4)13-15(16,17)14-12(5,6)10-8-2;/h2*7-10H2,1-6H3,(H,16,17);/q;;+2/p-2. The molecule has 0 atom stereocenters. The zero-order valence-corrected chi connectivity index (χ0v) is 32.5. The summed E-state index contributed by atoms with van der Waals surface area (Å²) in [6.45, 7) is 24.7. The van der Waals surface area contributed by atoms with Crippen LogP contribution < -0.4 is 0 Å². The molecule has 0 bridgehead atoms. The molecule has 0 heterocycles. The molecule has 0 rings (SSSR count). The second kappa shape index (κ2) is 18.0. The zero-order chi connectivity index (χ0) is 27.5. The van der Waals surface area contributed by atoms with Gasteiger partial charge in [0.15, 0.2) is 0 Å². The van der Waals surface area contributed by atoms with Crippen LogP contribution in [0, 0.1) is 0 Å². The summed E-state index contributed by atoms with van der Waals surface area (Å²) >= 11 is 21.4. The zero-order valence-electron chi connectivity index (χ0n) is 24.5. The molecule has 11 heteroatoms. The van der Waals surface area contributed by atoms with E-state index in [9.17, 15) is 0 Å². The van der Waals surface area contributed by atoms with Crippen molar-refractivity contribution in [2.24, 2.45) is 0 Å². The van der Waals surface area contributed by atoms with Crippen LogP contribution in [0.3, 0.4) is 0 Å². The van der Waals surface area contributed by atoms with E-state index < -0.39 is 11.4 Å². The molecule has 0 aliphatic heterocycles. The smallest absolute Gasteiger partial charge is 0.691 e. The van der Waals surface area contributed by atoms with Crippen LogP contribution in [0.25, 0.3) is 0 Å². The van der Waals surface area contributed by atoms with Gasteiger partial charge >= 0.3 is 19.5 Å². The maximum Gasteiger partial charge on any atom is 2.00 e. The molecule has 4 nitrogen and oxygen atoms in total. The SMILES string of the molecule is CCCC(C)(C)OP(=S)([S-])OC(C)(C)CCC.CCCC(C)(C)OP(=S)([S-])OC(C)(C)CCC.[Zn+2]. The van der Waals surface area contributed by atoms with Gasteiger partial charge in [0, 0.05) is 0 Å². The molecule has 0 aliphatic carbocycles. The Balaban J connectivity index is -0.000000569. The summed E-state index contributed by atoms with van der Waals surface area (Å²) < 4.78 is 23.5. The van der Waals surface area contributed by atoms with Crippen molar-refractivity contribution in [2.45, 2.75) is 157 Å². The third-order valence-corrected chi connectivity index (χ3v) is 9.50. The first kappa shape index (κ1) is 41.9. The van der Waals surface area contributed by atoms with Crippen molar-refractivity contribution in [3.05, 3.63) is 0 Å². The quantitative estimate of drug-likeness (QED) is 0.0921. The first-order valence-corrected chi connectivity index (χ1v) is 19.8. The number of hydrogen-bond acceptors (Lipinski definition) is 8. The van der Waals surface area contributed by atoms with E-state index in [4.69, 9.17) is 66.2 Å². The van der Waals surface area contributed by atoms with Crippen LogP contribution in [0.1, 0.15) is 134 Å². The summed E-state index contributed by atoms with van der Waals surface area (Å²) in [4.78, 5) is 0. The van der Waals surface area contributed by atoms with Gasteiger partial charge in [-0.15, -0.1) is 0 Å². The van der Waals surface area contributed by atoms with Gasteiger partial charge in [-0.25, -0.2) is 0 Å². The second-order valence-corrected chi connectivity index (χ2v) is 21.0. The van der Waals surface area contributed by atoms with Crippen molar-refractivity contribution in [1.82, 2.24) is 0 Å². The summed E-state index contributed by atoms with van der Waals surface area (Å²) in [5, 5.41) is 0. The van der Waals surface area contributed by atoms with Gasteiger partial charge in [0.1, 0.15) is 0 Å². The molecular weight excluding hydrogens is 608 g/mol. The normalized spacial score (nSPS) is 13.7. The van der Waals surface area contributed by atoms with Gasteiger partial charge in [-0.2, -0.15) is 0 Å². The fraction of sp³-hybridized carbons (Fsp3) is 1.00. The molecule has 208 valence electrons. The minimum atomic E-state index is -2.58. The van der Waals surface area contributed by atoms with Crippen molar-refractivity contribution in [3.8, 4) is 0 Å². The van der Waals surface area contributed by atoms with E-state index in [-0.39, 0.29) is 41.9 Å². The summed E-state index contributed by atoms with van der Waals surface area (Å²) in [6, 6.07) is 0. The minimum absolute atomic E-state index is 0. The summed E-state index contributed by atoms with van der Waals surface area (Å²) in [6.07, 6.45) is 7.98. The monoisotopic (exact) mass is 658 g/mol. The summed E-state index contributed by atoms with van der Waals surface area (Å²) in [5.74, 6) is 0. The van der Waals surface area contributed by atoms with Crippen LogP contribution >= 0.6 is 11.4 Å². The van der Waals surface area contributed by atoms with E-state index in [1.165, 1.54) is 0 Å². The molecule has 0 aromatic heterocycles. The van der Waals surface area contributed by atoms with Gasteiger partial charge in [0.25, 0.3) is 0 Å². The molecule has 35 heavy (non-hydrogen) atoms. The Morgan fingerprint density at radius 2 is 0.629 bits per heavy atom.